The van der Waals surface area contributed by atoms with Crippen LogP contribution >= 0.6 is 11.8 Å². The molecule has 158 valence electrons. The smallest absolute Gasteiger partial charge is 0.322 e. The van der Waals surface area contributed by atoms with Crippen molar-refractivity contribution in [2.24, 2.45) is 0 Å². The molecule has 3 rings (SSSR count). The van der Waals surface area contributed by atoms with E-state index < -0.39 is 15.1 Å². The van der Waals surface area contributed by atoms with Crippen LogP contribution in [0.3, 0.4) is 0 Å². The molecule has 1 N–H and O–H groups in total. The van der Waals surface area contributed by atoms with Gasteiger partial charge in [0, 0.05) is 16.9 Å². The second kappa shape index (κ2) is 9.90. The van der Waals surface area contributed by atoms with Crippen molar-refractivity contribution >= 4 is 33.5 Å². The summed E-state index contributed by atoms with van der Waals surface area (Å²) in [6.07, 6.45) is 1.04. The number of carbonyl (C=O) groups is 1. The van der Waals surface area contributed by atoms with Gasteiger partial charge in [-0.2, -0.15) is 0 Å². The molecule has 9 heteroatoms. The summed E-state index contributed by atoms with van der Waals surface area (Å²) in [6.45, 7) is 3.25. The number of hydrogen-bond acceptors (Lipinski definition) is 7. The number of nitrogens with zero attached hydrogens (tertiary/aromatic N) is 2. The molecular formula is C21H23N3O4S2. The van der Waals surface area contributed by atoms with Gasteiger partial charge >= 0.3 is 6.01 Å². The average molecular weight is 446 g/mol. The Bertz CT molecular complexity index is 1100. The molecular weight excluding hydrogens is 422 g/mol. The second-order valence-corrected chi connectivity index (χ2v) is 10.5. The summed E-state index contributed by atoms with van der Waals surface area (Å²) in [4.78, 5) is 13.5. The van der Waals surface area contributed by atoms with E-state index in [1.807, 2.05) is 30.3 Å². The molecule has 0 saturated heterocycles. The number of hydrogen-bond donors (Lipinski definition) is 1. The number of amides is 1. The van der Waals surface area contributed by atoms with Crippen LogP contribution < -0.4 is 5.32 Å². The van der Waals surface area contributed by atoms with Crippen LogP contribution in [0.25, 0.3) is 11.5 Å². The summed E-state index contributed by atoms with van der Waals surface area (Å²) in [7, 11) is -3.41. The maximum atomic E-state index is 12.4. The van der Waals surface area contributed by atoms with Gasteiger partial charge in [0.15, 0.2) is 9.84 Å². The third-order valence-electron chi connectivity index (χ3n) is 4.26. The van der Waals surface area contributed by atoms with E-state index in [2.05, 4.69) is 15.5 Å². The average Bonchev–Trinajstić information content (AvgIpc) is 3.20. The fraction of sp³-hybridized carbons (Fsp3) is 0.286. The summed E-state index contributed by atoms with van der Waals surface area (Å²) < 4.78 is 30.2. The van der Waals surface area contributed by atoms with E-state index in [4.69, 9.17) is 4.42 Å². The molecule has 2 aromatic carbocycles. The van der Waals surface area contributed by atoms with E-state index in [9.17, 15) is 13.2 Å². The molecule has 0 bridgehead atoms. The Morgan fingerprint density at radius 3 is 2.60 bits per heavy atom. The summed E-state index contributed by atoms with van der Waals surface area (Å²) in [5, 5.41) is 9.80. The van der Waals surface area contributed by atoms with E-state index in [0.717, 1.165) is 5.75 Å². The first-order valence-corrected chi connectivity index (χ1v) is 12.0. The monoisotopic (exact) mass is 445 g/mol. The van der Waals surface area contributed by atoms with Crippen molar-refractivity contribution in [3.63, 3.8) is 0 Å². The Kier molecular flexibility index (Phi) is 7.28. The first kappa shape index (κ1) is 22.0. The Morgan fingerprint density at radius 1 is 1.10 bits per heavy atom. The lowest BCUT2D eigenvalue weighted by Crippen LogP contribution is -2.13. The van der Waals surface area contributed by atoms with E-state index >= 15 is 0 Å². The van der Waals surface area contributed by atoms with Crippen LogP contribution in [0.1, 0.15) is 26.7 Å². The zero-order valence-corrected chi connectivity index (χ0v) is 18.4. The minimum atomic E-state index is -3.41. The van der Waals surface area contributed by atoms with E-state index in [-0.39, 0.29) is 22.7 Å². The Balaban J connectivity index is 1.55. The second-order valence-electron chi connectivity index (χ2n) is 6.85. The maximum Gasteiger partial charge on any atom is 0.322 e. The number of thioether (sulfide) groups is 1. The van der Waals surface area contributed by atoms with Crippen LogP contribution in [0, 0.1) is 0 Å². The van der Waals surface area contributed by atoms with Crippen molar-refractivity contribution in [2.45, 2.75) is 41.7 Å². The minimum absolute atomic E-state index is 0.0113. The molecule has 0 spiro atoms. The number of benzene rings is 2. The SMILES string of the molecule is CC(C)S(=O)(=O)c1cccc(-c2nnc(NC(=O)CCCSc3ccccc3)o2)c1. The van der Waals surface area contributed by atoms with Gasteiger partial charge in [-0.3, -0.25) is 10.1 Å². The van der Waals surface area contributed by atoms with Gasteiger partial charge in [-0.15, -0.1) is 16.9 Å². The van der Waals surface area contributed by atoms with Crippen molar-refractivity contribution in [1.82, 2.24) is 10.2 Å². The van der Waals surface area contributed by atoms with Gasteiger partial charge in [0.2, 0.25) is 11.8 Å². The predicted molar refractivity (Wildman–Crippen MR) is 117 cm³/mol. The Hall–Kier alpha value is -2.65. The number of anilines is 1. The summed E-state index contributed by atoms with van der Waals surface area (Å²) in [6, 6.07) is 16.3. The third kappa shape index (κ3) is 5.70. The maximum absolute atomic E-state index is 12.4. The van der Waals surface area contributed by atoms with E-state index in [0.29, 0.717) is 18.4 Å². The zero-order valence-electron chi connectivity index (χ0n) is 16.7. The van der Waals surface area contributed by atoms with Crippen molar-refractivity contribution in [3.8, 4) is 11.5 Å². The molecule has 0 aliphatic rings. The first-order chi connectivity index (χ1) is 14.4. The molecule has 30 heavy (non-hydrogen) atoms. The fourth-order valence-corrected chi connectivity index (χ4v) is 4.57. The highest BCUT2D eigenvalue weighted by Crippen LogP contribution is 2.25. The summed E-state index contributed by atoms with van der Waals surface area (Å²) in [5.41, 5.74) is 0.476. The van der Waals surface area contributed by atoms with E-state index in [1.165, 1.54) is 17.0 Å². The topological polar surface area (TPSA) is 102 Å². The molecule has 1 amide bonds. The predicted octanol–water partition coefficient (Wildman–Crippen LogP) is 4.43. The van der Waals surface area contributed by atoms with Gasteiger partial charge in [0.05, 0.1) is 10.1 Å². The molecule has 0 radical (unpaired) electrons. The molecule has 0 fully saturated rings. The molecule has 7 nitrogen and oxygen atoms in total. The van der Waals surface area contributed by atoms with Crippen LogP contribution in [0.2, 0.25) is 0 Å². The third-order valence-corrected chi connectivity index (χ3v) is 7.51. The van der Waals surface area contributed by atoms with Gasteiger partial charge in [-0.1, -0.05) is 29.4 Å². The van der Waals surface area contributed by atoms with Crippen LogP contribution in [0.4, 0.5) is 6.01 Å². The van der Waals surface area contributed by atoms with Gasteiger partial charge in [0.1, 0.15) is 0 Å². The first-order valence-electron chi connectivity index (χ1n) is 9.52. The van der Waals surface area contributed by atoms with Crippen molar-refractivity contribution in [1.29, 1.82) is 0 Å². The van der Waals surface area contributed by atoms with Gasteiger partial charge in [-0.05, 0) is 56.4 Å². The van der Waals surface area contributed by atoms with Crippen molar-refractivity contribution < 1.29 is 17.6 Å². The lowest BCUT2D eigenvalue weighted by Gasteiger charge is -2.08. The summed E-state index contributed by atoms with van der Waals surface area (Å²) in [5.74, 6) is 0.754. The largest absolute Gasteiger partial charge is 0.403 e. The molecule has 3 aromatic rings. The summed E-state index contributed by atoms with van der Waals surface area (Å²) >= 11 is 1.69. The normalized spacial score (nSPS) is 11.6. The van der Waals surface area contributed by atoms with Crippen molar-refractivity contribution in [2.75, 3.05) is 11.1 Å². The van der Waals surface area contributed by atoms with Crippen LogP contribution in [0.15, 0.2) is 68.8 Å². The van der Waals surface area contributed by atoms with Gasteiger partial charge < -0.3 is 4.42 Å². The Morgan fingerprint density at radius 2 is 1.87 bits per heavy atom. The fourth-order valence-electron chi connectivity index (χ4n) is 2.59. The number of rotatable bonds is 9. The molecule has 1 heterocycles. The highest BCUT2D eigenvalue weighted by atomic mass is 32.2. The van der Waals surface area contributed by atoms with Crippen LogP contribution in [-0.2, 0) is 14.6 Å². The van der Waals surface area contributed by atoms with Crippen molar-refractivity contribution in [3.05, 3.63) is 54.6 Å². The number of sulfone groups is 1. The van der Waals surface area contributed by atoms with E-state index in [1.54, 1.807) is 37.7 Å². The molecule has 0 aliphatic carbocycles. The molecule has 0 atom stereocenters. The van der Waals surface area contributed by atoms with Crippen LogP contribution in [0.5, 0.6) is 0 Å². The standard InChI is InChI=1S/C21H23N3O4S2/c1-15(2)30(26,27)18-11-6-8-16(14-18)20-23-24-21(28-20)22-19(25)12-7-13-29-17-9-4-3-5-10-17/h3-6,8-11,14-15H,7,12-13H2,1-2H3,(H,22,24,25). The quantitative estimate of drug-likeness (QED) is 0.384. The number of aromatic nitrogens is 2. The van der Waals surface area contributed by atoms with Gasteiger partial charge in [0.25, 0.3) is 0 Å². The molecule has 0 saturated carbocycles. The highest BCUT2D eigenvalue weighted by molar-refractivity contribution is 7.99. The zero-order chi connectivity index (χ0) is 21.6. The lowest BCUT2D eigenvalue weighted by molar-refractivity contribution is -0.116. The number of carbonyl (C=O) groups excluding carboxylic acids is 1. The molecule has 1 aromatic heterocycles. The molecule has 0 aliphatic heterocycles. The van der Waals surface area contributed by atoms with Gasteiger partial charge in [-0.25, -0.2) is 8.42 Å². The van der Waals surface area contributed by atoms with Crippen LogP contribution in [-0.4, -0.2) is 35.5 Å². The Labute approximate surface area is 180 Å². The highest BCUT2D eigenvalue weighted by Gasteiger charge is 2.20. The molecule has 0 unspecified atom stereocenters. The minimum Gasteiger partial charge on any atom is -0.403 e. The number of nitrogens with one attached hydrogen (secondary N) is 1. The lowest BCUT2D eigenvalue weighted by atomic mass is 10.2.